The monoisotopic (exact) mass is 262 g/mol. The Morgan fingerprint density at radius 1 is 1.32 bits per heavy atom. The number of piperidine rings is 1. The summed E-state index contributed by atoms with van der Waals surface area (Å²) in [6.45, 7) is 6.27. The summed E-state index contributed by atoms with van der Waals surface area (Å²) in [5.41, 5.74) is 0.913. The van der Waals surface area contributed by atoms with Crippen LogP contribution in [0.2, 0.25) is 0 Å². The number of rotatable bonds is 3. The molecule has 0 amide bonds. The molecule has 1 heterocycles. The minimum atomic E-state index is -0.519. The molecule has 0 aromatic heterocycles. The van der Waals surface area contributed by atoms with Gasteiger partial charge in [0.2, 0.25) is 0 Å². The van der Waals surface area contributed by atoms with Crippen LogP contribution >= 0.6 is 0 Å². The van der Waals surface area contributed by atoms with Gasteiger partial charge in [-0.15, -0.1) is 0 Å². The first-order valence-electron chi connectivity index (χ1n) is 6.49. The first-order chi connectivity index (χ1) is 9.01. The fourth-order valence-corrected chi connectivity index (χ4v) is 2.87. The highest BCUT2D eigenvalue weighted by atomic mass is 16.6. The van der Waals surface area contributed by atoms with Crippen LogP contribution in [0.5, 0.6) is 0 Å². The molecule has 1 fully saturated rings. The van der Waals surface area contributed by atoms with Crippen LogP contribution < -0.4 is 4.90 Å². The van der Waals surface area contributed by atoms with Gasteiger partial charge in [-0.2, -0.15) is 0 Å². The zero-order valence-corrected chi connectivity index (χ0v) is 11.2. The number of carbonyl (C=O) groups is 1. The van der Waals surface area contributed by atoms with Crippen molar-refractivity contribution in [3.63, 3.8) is 0 Å². The predicted octanol–water partition coefficient (Wildman–Crippen LogP) is 2.89. The second-order valence-electron chi connectivity index (χ2n) is 5.47. The Labute approximate surface area is 112 Å². The van der Waals surface area contributed by atoms with Gasteiger partial charge in [0.25, 0.3) is 5.69 Å². The molecule has 1 aliphatic heterocycles. The zero-order valence-electron chi connectivity index (χ0n) is 11.2. The van der Waals surface area contributed by atoms with E-state index in [1.54, 1.807) is 12.1 Å². The molecular formula is C14H18N2O3. The average Bonchev–Trinajstić information content (AvgIpc) is 2.36. The average molecular weight is 262 g/mol. The van der Waals surface area contributed by atoms with Crippen LogP contribution in [0.1, 0.15) is 30.6 Å². The van der Waals surface area contributed by atoms with Gasteiger partial charge in [-0.3, -0.25) is 14.9 Å². The van der Waals surface area contributed by atoms with Crippen LogP contribution in [0.25, 0.3) is 0 Å². The van der Waals surface area contributed by atoms with Crippen molar-refractivity contribution in [3.05, 3.63) is 33.9 Å². The summed E-state index contributed by atoms with van der Waals surface area (Å²) in [5.74, 6) is 1.19. The van der Waals surface area contributed by atoms with Crippen LogP contribution in [0.4, 0.5) is 11.4 Å². The standard InChI is InChI=1S/C14H18N2O3/c1-10-5-11(2)8-15(7-10)13-3-4-14(16(18)19)12(6-13)9-17/h3-4,6,9-11H,5,7-8H2,1-2H3. The SMILES string of the molecule is CC1CC(C)CN(c2ccc([N+](=O)[O-])c(C=O)c2)C1. The van der Waals surface area contributed by atoms with E-state index in [0.717, 1.165) is 18.8 Å². The molecule has 0 saturated carbocycles. The first kappa shape index (κ1) is 13.5. The maximum Gasteiger partial charge on any atom is 0.280 e. The van der Waals surface area contributed by atoms with E-state index in [4.69, 9.17) is 0 Å². The van der Waals surface area contributed by atoms with Gasteiger partial charge in [0.15, 0.2) is 6.29 Å². The Hall–Kier alpha value is -1.91. The molecule has 5 nitrogen and oxygen atoms in total. The van der Waals surface area contributed by atoms with Crippen molar-refractivity contribution in [2.75, 3.05) is 18.0 Å². The van der Waals surface area contributed by atoms with Gasteiger partial charge in [0.1, 0.15) is 0 Å². The molecule has 0 spiro atoms. The third kappa shape index (κ3) is 2.92. The Morgan fingerprint density at radius 2 is 1.95 bits per heavy atom. The Kier molecular flexibility index (Phi) is 3.83. The number of aldehydes is 1. The van der Waals surface area contributed by atoms with Crippen molar-refractivity contribution in [3.8, 4) is 0 Å². The second-order valence-corrected chi connectivity index (χ2v) is 5.47. The topological polar surface area (TPSA) is 63.4 Å². The largest absolute Gasteiger partial charge is 0.371 e. The second kappa shape index (κ2) is 5.38. The van der Waals surface area contributed by atoms with E-state index in [1.807, 2.05) is 0 Å². The highest BCUT2D eigenvalue weighted by Gasteiger charge is 2.23. The summed E-state index contributed by atoms with van der Waals surface area (Å²) in [4.78, 5) is 23.5. The van der Waals surface area contributed by atoms with Gasteiger partial charge >= 0.3 is 0 Å². The van der Waals surface area contributed by atoms with Gasteiger partial charge < -0.3 is 4.90 Å². The first-order valence-corrected chi connectivity index (χ1v) is 6.49. The summed E-state index contributed by atoms with van der Waals surface area (Å²) in [6.07, 6.45) is 1.75. The summed E-state index contributed by atoms with van der Waals surface area (Å²) < 4.78 is 0. The Bertz CT molecular complexity index is 491. The molecule has 1 aromatic carbocycles. The lowest BCUT2D eigenvalue weighted by Crippen LogP contribution is -2.38. The molecule has 2 rings (SSSR count). The van der Waals surface area contributed by atoms with E-state index in [2.05, 4.69) is 18.7 Å². The molecule has 2 atom stereocenters. The third-order valence-electron chi connectivity index (χ3n) is 3.57. The molecule has 0 N–H and O–H groups in total. The molecule has 1 saturated heterocycles. The number of hydrogen-bond donors (Lipinski definition) is 0. The molecule has 102 valence electrons. The minimum Gasteiger partial charge on any atom is -0.371 e. The van der Waals surface area contributed by atoms with Crippen LogP contribution in [-0.4, -0.2) is 24.3 Å². The highest BCUT2D eigenvalue weighted by molar-refractivity contribution is 5.83. The maximum atomic E-state index is 11.0. The fourth-order valence-electron chi connectivity index (χ4n) is 2.87. The van der Waals surface area contributed by atoms with Crippen molar-refractivity contribution in [2.45, 2.75) is 20.3 Å². The normalized spacial score (nSPS) is 23.2. The summed E-state index contributed by atoms with van der Waals surface area (Å²) in [7, 11) is 0. The number of nitrogens with zero attached hydrogens (tertiary/aromatic N) is 2. The number of anilines is 1. The number of nitro benzene ring substituents is 1. The van der Waals surface area contributed by atoms with E-state index < -0.39 is 4.92 Å². The van der Waals surface area contributed by atoms with Crippen molar-refractivity contribution in [1.29, 1.82) is 0 Å². The van der Waals surface area contributed by atoms with Crippen molar-refractivity contribution in [2.24, 2.45) is 11.8 Å². The summed E-state index contributed by atoms with van der Waals surface area (Å²) in [6, 6.07) is 4.77. The van der Waals surface area contributed by atoms with E-state index in [1.165, 1.54) is 12.5 Å². The lowest BCUT2D eigenvalue weighted by Gasteiger charge is -2.36. The molecular weight excluding hydrogens is 244 g/mol. The highest BCUT2D eigenvalue weighted by Crippen LogP contribution is 2.29. The lowest BCUT2D eigenvalue weighted by molar-refractivity contribution is -0.385. The number of carbonyl (C=O) groups excluding carboxylic acids is 1. The van der Waals surface area contributed by atoms with Gasteiger partial charge in [-0.25, -0.2) is 0 Å². The smallest absolute Gasteiger partial charge is 0.280 e. The van der Waals surface area contributed by atoms with E-state index in [9.17, 15) is 14.9 Å². The van der Waals surface area contributed by atoms with Crippen molar-refractivity contribution in [1.82, 2.24) is 0 Å². The van der Waals surface area contributed by atoms with Crippen molar-refractivity contribution >= 4 is 17.7 Å². The fraction of sp³-hybridized carbons (Fsp3) is 0.500. The number of hydrogen-bond acceptors (Lipinski definition) is 4. The van der Waals surface area contributed by atoms with E-state index in [-0.39, 0.29) is 11.3 Å². The van der Waals surface area contributed by atoms with E-state index >= 15 is 0 Å². The molecule has 2 unspecified atom stereocenters. The molecule has 1 aliphatic rings. The van der Waals surface area contributed by atoms with Crippen LogP contribution in [-0.2, 0) is 0 Å². The van der Waals surface area contributed by atoms with Gasteiger partial charge in [0.05, 0.1) is 10.5 Å². The molecule has 0 bridgehead atoms. The van der Waals surface area contributed by atoms with Gasteiger partial charge in [0, 0.05) is 24.8 Å². The molecule has 19 heavy (non-hydrogen) atoms. The van der Waals surface area contributed by atoms with Gasteiger partial charge in [-0.05, 0) is 30.4 Å². The van der Waals surface area contributed by atoms with Gasteiger partial charge in [-0.1, -0.05) is 13.8 Å². The van der Waals surface area contributed by atoms with Crippen LogP contribution in [0, 0.1) is 22.0 Å². The molecule has 0 aliphatic carbocycles. The summed E-state index contributed by atoms with van der Waals surface area (Å²) in [5, 5.41) is 10.8. The zero-order chi connectivity index (χ0) is 14.0. The lowest BCUT2D eigenvalue weighted by atomic mass is 9.91. The van der Waals surface area contributed by atoms with Crippen LogP contribution in [0.15, 0.2) is 18.2 Å². The van der Waals surface area contributed by atoms with Crippen molar-refractivity contribution < 1.29 is 9.72 Å². The van der Waals surface area contributed by atoms with Crippen LogP contribution in [0.3, 0.4) is 0 Å². The molecule has 1 aromatic rings. The third-order valence-corrected chi connectivity index (χ3v) is 3.57. The number of benzene rings is 1. The quantitative estimate of drug-likeness (QED) is 0.477. The Morgan fingerprint density at radius 3 is 2.47 bits per heavy atom. The van der Waals surface area contributed by atoms with E-state index in [0.29, 0.717) is 18.1 Å². The molecule has 0 radical (unpaired) electrons. The Balaban J connectivity index is 2.30. The molecule has 5 heteroatoms. The maximum absolute atomic E-state index is 11.0. The number of nitro groups is 1. The summed E-state index contributed by atoms with van der Waals surface area (Å²) >= 11 is 0. The minimum absolute atomic E-state index is 0.128. The predicted molar refractivity (Wildman–Crippen MR) is 73.6 cm³/mol.